The minimum atomic E-state index is -0.916. The highest BCUT2D eigenvalue weighted by Crippen LogP contribution is 2.08. The molecular formula is C20H22N2O4. The van der Waals surface area contributed by atoms with Crippen LogP contribution < -0.4 is 0 Å². The van der Waals surface area contributed by atoms with Crippen LogP contribution in [0.25, 0.3) is 0 Å². The second kappa shape index (κ2) is 10.1. The molecule has 0 fully saturated rings. The highest BCUT2D eigenvalue weighted by Gasteiger charge is 2.12. The van der Waals surface area contributed by atoms with Gasteiger partial charge in [-0.15, -0.1) is 0 Å². The van der Waals surface area contributed by atoms with Crippen LogP contribution in [0.3, 0.4) is 0 Å². The molecule has 2 amide bonds. The zero-order chi connectivity index (χ0) is 18.8. The van der Waals surface area contributed by atoms with Gasteiger partial charge in [-0.1, -0.05) is 70.9 Å². The van der Waals surface area contributed by atoms with Gasteiger partial charge in [0, 0.05) is 12.8 Å². The first kappa shape index (κ1) is 19.3. The third-order valence-corrected chi connectivity index (χ3v) is 3.55. The van der Waals surface area contributed by atoms with Gasteiger partial charge < -0.3 is 9.47 Å². The van der Waals surface area contributed by atoms with Gasteiger partial charge >= 0.3 is 12.2 Å². The Balaban J connectivity index is 1.73. The number of hydrogen-bond donors (Lipinski definition) is 0. The summed E-state index contributed by atoms with van der Waals surface area (Å²) in [6.45, 7) is 3.50. The van der Waals surface area contributed by atoms with Crippen LogP contribution in [0.5, 0.6) is 0 Å². The summed E-state index contributed by atoms with van der Waals surface area (Å²) in [5, 5.41) is 6.51. The van der Waals surface area contributed by atoms with Crippen LogP contribution in [0.2, 0.25) is 0 Å². The standard InChI is InChI=1S/C20H22N2O4/c1-15(13-17-9-5-3-6-10-17)25-19(23)21-22-20(24)26-16(2)14-18-11-7-4-8-12-18/h3-12,15-16H,13-14H2,1-2H3/b22-21+. The number of amides is 2. The Morgan fingerprint density at radius 3 is 1.42 bits per heavy atom. The van der Waals surface area contributed by atoms with Gasteiger partial charge in [-0.3, -0.25) is 0 Å². The van der Waals surface area contributed by atoms with Crippen LogP contribution in [0.1, 0.15) is 25.0 Å². The van der Waals surface area contributed by atoms with Crippen molar-refractivity contribution in [3.63, 3.8) is 0 Å². The fourth-order valence-electron chi connectivity index (χ4n) is 2.45. The molecule has 0 bridgehead atoms. The number of carbonyl (C=O) groups is 2. The van der Waals surface area contributed by atoms with Crippen LogP contribution in [-0.4, -0.2) is 24.4 Å². The van der Waals surface area contributed by atoms with E-state index in [1.165, 1.54) is 0 Å². The molecule has 2 atom stereocenters. The molecule has 2 aromatic rings. The summed E-state index contributed by atoms with van der Waals surface area (Å²) in [6.07, 6.45) is -1.47. The van der Waals surface area contributed by atoms with E-state index in [1.807, 2.05) is 60.7 Å². The van der Waals surface area contributed by atoms with Crippen molar-refractivity contribution in [2.45, 2.75) is 38.9 Å². The fourth-order valence-corrected chi connectivity index (χ4v) is 2.45. The van der Waals surface area contributed by atoms with Gasteiger partial charge in [0.25, 0.3) is 0 Å². The molecule has 0 saturated carbocycles. The largest absolute Gasteiger partial charge is 0.452 e. The van der Waals surface area contributed by atoms with Crippen LogP contribution in [0.4, 0.5) is 9.59 Å². The van der Waals surface area contributed by atoms with Gasteiger partial charge in [0.15, 0.2) is 0 Å². The van der Waals surface area contributed by atoms with E-state index < -0.39 is 12.2 Å². The van der Waals surface area contributed by atoms with E-state index in [4.69, 9.17) is 9.47 Å². The Morgan fingerprint density at radius 2 is 1.08 bits per heavy atom. The number of ether oxygens (including phenoxy) is 2. The lowest BCUT2D eigenvalue weighted by atomic mass is 10.1. The molecular weight excluding hydrogens is 332 g/mol. The van der Waals surface area contributed by atoms with E-state index >= 15 is 0 Å². The molecule has 0 spiro atoms. The summed E-state index contributed by atoms with van der Waals surface area (Å²) >= 11 is 0. The normalized spacial score (nSPS) is 13.2. The van der Waals surface area contributed by atoms with E-state index in [1.54, 1.807) is 13.8 Å². The predicted octanol–water partition coefficient (Wildman–Crippen LogP) is 4.97. The highest BCUT2D eigenvalue weighted by molar-refractivity contribution is 5.73. The van der Waals surface area contributed by atoms with E-state index in [0.717, 1.165) is 11.1 Å². The predicted molar refractivity (Wildman–Crippen MR) is 97.0 cm³/mol. The number of nitrogens with zero attached hydrogens (tertiary/aromatic N) is 2. The van der Waals surface area contributed by atoms with Crippen molar-refractivity contribution in [2.24, 2.45) is 10.2 Å². The molecule has 0 heterocycles. The van der Waals surface area contributed by atoms with E-state index in [2.05, 4.69) is 10.2 Å². The first-order chi connectivity index (χ1) is 12.5. The van der Waals surface area contributed by atoms with Crippen LogP contribution in [0, 0.1) is 0 Å². The van der Waals surface area contributed by atoms with Gasteiger partial charge in [0.1, 0.15) is 12.2 Å². The van der Waals surface area contributed by atoms with Gasteiger partial charge in [0.05, 0.1) is 0 Å². The van der Waals surface area contributed by atoms with Crippen molar-refractivity contribution in [1.82, 2.24) is 0 Å². The summed E-state index contributed by atoms with van der Waals surface area (Å²) in [5.74, 6) is 0. The SMILES string of the molecule is CC(Cc1ccccc1)OC(=O)/N=N/C(=O)OC(C)Cc1ccccc1. The monoisotopic (exact) mass is 354 g/mol. The molecule has 136 valence electrons. The van der Waals surface area contributed by atoms with Crippen molar-refractivity contribution in [3.05, 3.63) is 71.8 Å². The summed E-state index contributed by atoms with van der Waals surface area (Å²) in [7, 11) is 0. The summed E-state index contributed by atoms with van der Waals surface area (Å²) < 4.78 is 10.2. The minimum absolute atomic E-state index is 0.378. The van der Waals surface area contributed by atoms with E-state index in [9.17, 15) is 9.59 Å². The fraction of sp³-hybridized carbons (Fsp3) is 0.300. The lowest BCUT2D eigenvalue weighted by molar-refractivity contribution is 0.106. The molecule has 0 saturated heterocycles. The van der Waals surface area contributed by atoms with E-state index in [-0.39, 0.29) is 12.2 Å². The molecule has 0 aromatic heterocycles. The molecule has 2 aromatic carbocycles. The Labute approximate surface area is 152 Å². The summed E-state index contributed by atoms with van der Waals surface area (Å²) in [5.41, 5.74) is 2.08. The lowest BCUT2D eigenvalue weighted by Crippen LogP contribution is -2.16. The third kappa shape index (κ3) is 7.25. The number of hydrogen-bond acceptors (Lipinski definition) is 4. The van der Waals surface area contributed by atoms with Crippen molar-refractivity contribution in [2.75, 3.05) is 0 Å². The zero-order valence-electron chi connectivity index (χ0n) is 14.9. The Hall–Kier alpha value is -3.02. The Bertz CT molecular complexity index is 668. The first-order valence-corrected chi connectivity index (χ1v) is 8.43. The van der Waals surface area contributed by atoms with Crippen molar-refractivity contribution >= 4 is 12.2 Å². The van der Waals surface area contributed by atoms with E-state index in [0.29, 0.717) is 12.8 Å². The van der Waals surface area contributed by atoms with Gasteiger partial charge in [0.2, 0.25) is 0 Å². The summed E-state index contributed by atoms with van der Waals surface area (Å²) in [6, 6.07) is 19.2. The molecule has 26 heavy (non-hydrogen) atoms. The number of azo groups is 1. The second-order valence-corrected chi connectivity index (χ2v) is 5.97. The van der Waals surface area contributed by atoms with Crippen LogP contribution in [0.15, 0.2) is 70.9 Å². The molecule has 0 aliphatic heterocycles. The van der Waals surface area contributed by atoms with Crippen LogP contribution >= 0.6 is 0 Å². The van der Waals surface area contributed by atoms with Gasteiger partial charge in [-0.25, -0.2) is 9.59 Å². The van der Waals surface area contributed by atoms with Crippen molar-refractivity contribution in [1.29, 1.82) is 0 Å². The average Bonchev–Trinajstić information content (AvgIpc) is 2.61. The maximum absolute atomic E-state index is 11.6. The molecule has 0 radical (unpaired) electrons. The smallest absolute Gasteiger partial charge is 0.443 e. The van der Waals surface area contributed by atoms with Gasteiger partial charge in [-0.2, -0.15) is 0 Å². The summed E-state index contributed by atoms with van der Waals surface area (Å²) in [4.78, 5) is 23.3. The molecule has 0 aliphatic carbocycles. The quantitative estimate of drug-likeness (QED) is 0.686. The minimum Gasteiger partial charge on any atom is -0.443 e. The maximum Gasteiger partial charge on any atom is 0.452 e. The first-order valence-electron chi connectivity index (χ1n) is 8.43. The highest BCUT2D eigenvalue weighted by atomic mass is 16.6. The molecule has 2 rings (SSSR count). The average molecular weight is 354 g/mol. The molecule has 6 nitrogen and oxygen atoms in total. The molecule has 0 aliphatic rings. The Morgan fingerprint density at radius 1 is 0.731 bits per heavy atom. The topological polar surface area (TPSA) is 77.3 Å². The molecule has 6 heteroatoms. The number of carbonyl (C=O) groups excluding carboxylic acids is 2. The third-order valence-electron chi connectivity index (χ3n) is 3.55. The van der Waals surface area contributed by atoms with Gasteiger partial charge in [-0.05, 0) is 25.0 Å². The lowest BCUT2D eigenvalue weighted by Gasteiger charge is -2.11. The van der Waals surface area contributed by atoms with Crippen molar-refractivity contribution < 1.29 is 19.1 Å². The maximum atomic E-state index is 11.6. The number of benzene rings is 2. The second-order valence-electron chi connectivity index (χ2n) is 5.97. The Kier molecular flexibility index (Phi) is 7.49. The van der Waals surface area contributed by atoms with Crippen molar-refractivity contribution in [3.8, 4) is 0 Å². The number of rotatable bonds is 6. The molecule has 0 N–H and O–H groups in total. The zero-order valence-corrected chi connectivity index (χ0v) is 14.9. The molecule has 2 unspecified atom stereocenters. The van der Waals surface area contributed by atoms with Crippen LogP contribution in [-0.2, 0) is 22.3 Å².